The molecule has 162 valence electrons. The van der Waals surface area contributed by atoms with Gasteiger partial charge >= 0.3 is 0 Å². The van der Waals surface area contributed by atoms with Crippen molar-refractivity contribution in [2.75, 3.05) is 19.0 Å². The summed E-state index contributed by atoms with van der Waals surface area (Å²) in [5.74, 6) is 0.674. The van der Waals surface area contributed by atoms with Gasteiger partial charge in [0.05, 0.1) is 7.11 Å². The van der Waals surface area contributed by atoms with Crippen molar-refractivity contribution in [2.45, 2.75) is 19.4 Å². The minimum Gasteiger partial charge on any atom is -0.496 e. The van der Waals surface area contributed by atoms with Gasteiger partial charge in [-0.1, -0.05) is 60.7 Å². The van der Waals surface area contributed by atoms with Crippen LogP contribution in [0.1, 0.15) is 29.5 Å². The monoisotopic (exact) mass is 426 g/mol. The number of rotatable bonds is 7. The summed E-state index contributed by atoms with van der Waals surface area (Å²) in [5.41, 5.74) is 3.87. The molecule has 0 aliphatic carbocycles. The second-order valence-electron chi connectivity index (χ2n) is 7.74. The van der Waals surface area contributed by atoms with Gasteiger partial charge in [-0.25, -0.2) is 0 Å². The third kappa shape index (κ3) is 5.06. The first-order chi connectivity index (χ1) is 15.6. The number of benzene rings is 3. The summed E-state index contributed by atoms with van der Waals surface area (Å²) in [6, 6.07) is 24.8. The topological polar surface area (TPSA) is 58.6 Å². The van der Waals surface area contributed by atoms with Crippen molar-refractivity contribution in [1.82, 2.24) is 4.90 Å². The number of hydrogen-bond donors (Lipinski definition) is 1. The standard InChI is InChI=1S/C27H26N2O3/c1-32-25-14-6-5-12-22(25)18-24(21-10-3-2-4-11-21)27(31)28-23-13-7-9-20(17-23)19-29-16-8-15-26(29)30/h2-7,9-14,17-18H,8,15-16,19H2,1H3,(H,28,31)/b24-18+. The normalized spacial score (nSPS) is 13.8. The first-order valence-electron chi connectivity index (χ1n) is 10.7. The fourth-order valence-electron chi connectivity index (χ4n) is 3.88. The fourth-order valence-corrected chi connectivity index (χ4v) is 3.88. The van der Waals surface area contributed by atoms with E-state index in [0.29, 0.717) is 30.0 Å². The van der Waals surface area contributed by atoms with E-state index in [9.17, 15) is 9.59 Å². The summed E-state index contributed by atoms with van der Waals surface area (Å²) in [6.07, 6.45) is 3.37. The number of ether oxygens (including phenoxy) is 1. The highest BCUT2D eigenvalue weighted by Gasteiger charge is 2.20. The first kappa shape index (κ1) is 21.4. The average molecular weight is 427 g/mol. The Morgan fingerprint density at radius 3 is 2.56 bits per heavy atom. The number of nitrogens with one attached hydrogen (secondary N) is 1. The Kier molecular flexibility index (Phi) is 6.66. The van der Waals surface area contributed by atoms with Gasteiger partial charge in [0, 0.05) is 36.3 Å². The van der Waals surface area contributed by atoms with E-state index in [4.69, 9.17) is 4.74 Å². The smallest absolute Gasteiger partial charge is 0.256 e. The van der Waals surface area contributed by atoms with E-state index < -0.39 is 0 Å². The zero-order chi connectivity index (χ0) is 22.3. The van der Waals surface area contributed by atoms with E-state index in [0.717, 1.165) is 29.7 Å². The summed E-state index contributed by atoms with van der Waals surface area (Å²) < 4.78 is 5.46. The van der Waals surface area contributed by atoms with Gasteiger partial charge in [-0.15, -0.1) is 0 Å². The minimum atomic E-state index is -0.212. The second-order valence-corrected chi connectivity index (χ2v) is 7.74. The number of amides is 2. The molecule has 0 radical (unpaired) electrons. The lowest BCUT2D eigenvalue weighted by Crippen LogP contribution is -2.23. The molecule has 4 rings (SSSR count). The van der Waals surface area contributed by atoms with Crippen molar-refractivity contribution in [1.29, 1.82) is 0 Å². The van der Waals surface area contributed by atoms with Crippen LogP contribution < -0.4 is 10.1 Å². The van der Waals surface area contributed by atoms with E-state index in [1.807, 2.05) is 89.8 Å². The molecular weight excluding hydrogens is 400 g/mol. The van der Waals surface area contributed by atoms with Gasteiger partial charge in [0.2, 0.25) is 5.91 Å². The molecular formula is C27H26N2O3. The van der Waals surface area contributed by atoms with Crippen LogP contribution >= 0.6 is 0 Å². The van der Waals surface area contributed by atoms with E-state index in [2.05, 4.69) is 5.32 Å². The molecule has 1 saturated heterocycles. The molecule has 0 aromatic heterocycles. The minimum absolute atomic E-state index is 0.186. The molecule has 1 fully saturated rings. The number of anilines is 1. The molecule has 0 bridgehead atoms. The SMILES string of the molecule is COc1ccccc1/C=C(/C(=O)Nc1cccc(CN2CCCC2=O)c1)c1ccccc1. The number of carbonyl (C=O) groups is 2. The molecule has 0 atom stereocenters. The maximum Gasteiger partial charge on any atom is 0.256 e. The van der Waals surface area contributed by atoms with Gasteiger partial charge in [-0.05, 0) is 41.8 Å². The second kappa shape index (κ2) is 9.96. The summed E-state index contributed by atoms with van der Waals surface area (Å²) in [7, 11) is 1.62. The van der Waals surface area contributed by atoms with E-state index in [1.54, 1.807) is 7.11 Å². The molecule has 1 aliphatic rings. The van der Waals surface area contributed by atoms with Crippen molar-refractivity contribution in [2.24, 2.45) is 0 Å². The Balaban J connectivity index is 1.60. The van der Waals surface area contributed by atoms with Crippen molar-refractivity contribution in [3.05, 3.63) is 95.6 Å². The summed E-state index contributed by atoms with van der Waals surface area (Å²) in [4.78, 5) is 27.2. The molecule has 1 heterocycles. The molecule has 0 unspecified atom stereocenters. The highest BCUT2D eigenvalue weighted by molar-refractivity contribution is 6.29. The third-order valence-electron chi connectivity index (χ3n) is 5.50. The van der Waals surface area contributed by atoms with Crippen molar-refractivity contribution in [3.8, 4) is 5.75 Å². The Hall–Kier alpha value is -3.86. The van der Waals surface area contributed by atoms with Crippen LogP contribution in [0, 0.1) is 0 Å². The molecule has 2 amide bonds. The van der Waals surface area contributed by atoms with Gasteiger partial charge in [-0.2, -0.15) is 0 Å². The first-order valence-corrected chi connectivity index (χ1v) is 10.7. The molecule has 3 aromatic carbocycles. The maximum absolute atomic E-state index is 13.3. The third-order valence-corrected chi connectivity index (χ3v) is 5.50. The van der Waals surface area contributed by atoms with Crippen molar-refractivity contribution < 1.29 is 14.3 Å². The van der Waals surface area contributed by atoms with Gasteiger partial charge in [0.25, 0.3) is 5.91 Å². The molecule has 32 heavy (non-hydrogen) atoms. The zero-order valence-corrected chi connectivity index (χ0v) is 18.1. The molecule has 1 aliphatic heterocycles. The number of carbonyl (C=O) groups excluding carboxylic acids is 2. The van der Waals surface area contributed by atoms with E-state index >= 15 is 0 Å². The predicted octanol–water partition coefficient (Wildman–Crippen LogP) is 5.00. The van der Waals surface area contributed by atoms with Crippen LogP contribution in [0.3, 0.4) is 0 Å². The number of nitrogens with zero attached hydrogens (tertiary/aromatic N) is 1. The van der Waals surface area contributed by atoms with Crippen LogP contribution in [0.15, 0.2) is 78.9 Å². The van der Waals surface area contributed by atoms with E-state index in [1.165, 1.54) is 0 Å². The number of methoxy groups -OCH3 is 1. The lowest BCUT2D eigenvalue weighted by molar-refractivity contribution is -0.128. The fraction of sp³-hybridized carbons (Fsp3) is 0.185. The Morgan fingerprint density at radius 2 is 1.81 bits per heavy atom. The molecule has 0 saturated carbocycles. The van der Waals surface area contributed by atoms with Crippen LogP contribution in [0.2, 0.25) is 0 Å². The predicted molar refractivity (Wildman–Crippen MR) is 127 cm³/mol. The molecule has 0 spiro atoms. The number of hydrogen-bond acceptors (Lipinski definition) is 3. The van der Waals surface area contributed by atoms with Crippen LogP contribution in [0.4, 0.5) is 5.69 Å². The largest absolute Gasteiger partial charge is 0.496 e. The Morgan fingerprint density at radius 1 is 1.03 bits per heavy atom. The van der Waals surface area contributed by atoms with Gasteiger partial charge in [0.15, 0.2) is 0 Å². The summed E-state index contributed by atoms with van der Waals surface area (Å²) in [6.45, 7) is 1.35. The summed E-state index contributed by atoms with van der Waals surface area (Å²) in [5, 5.41) is 3.02. The molecule has 3 aromatic rings. The van der Waals surface area contributed by atoms with Crippen LogP contribution in [-0.2, 0) is 16.1 Å². The molecule has 1 N–H and O–H groups in total. The van der Waals surface area contributed by atoms with Crippen molar-refractivity contribution in [3.63, 3.8) is 0 Å². The van der Waals surface area contributed by atoms with Crippen LogP contribution in [-0.4, -0.2) is 30.4 Å². The van der Waals surface area contributed by atoms with Crippen LogP contribution in [0.25, 0.3) is 11.6 Å². The van der Waals surface area contributed by atoms with Gasteiger partial charge < -0.3 is 15.0 Å². The lowest BCUT2D eigenvalue weighted by Gasteiger charge is -2.16. The summed E-state index contributed by atoms with van der Waals surface area (Å²) >= 11 is 0. The zero-order valence-electron chi connectivity index (χ0n) is 18.1. The maximum atomic E-state index is 13.3. The van der Waals surface area contributed by atoms with Crippen LogP contribution in [0.5, 0.6) is 5.75 Å². The number of likely N-dealkylation sites (tertiary alicyclic amines) is 1. The highest BCUT2D eigenvalue weighted by atomic mass is 16.5. The van der Waals surface area contributed by atoms with Gasteiger partial charge in [0.1, 0.15) is 5.75 Å². The lowest BCUT2D eigenvalue weighted by atomic mass is 10.0. The quantitative estimate of drug-likeness (QED) is 0.427. The van der Waals surface area contributed by atoms with Crippen molar-refractivity contribution >= 4 is 29.2 Å². The Labute approximate surface area is 188 Å². The van der Waals surface area contributed by atoms with E-state index in [-0.39, 0.29) is 11.8 Å². The van der Waals surface area contributed by atoms with Gasteiger partial charge in [-0.3, -0.25) is 9.59 Å². The number of para-hydroxylation sites is 1. The average Bonchev–Trinajstić information content (AvgIpc) is 3.22. The highest BCUT2D eigenvalue weighted by Crippen LogP contribution is 2.26. The molecule has 5 nitrogen and oxygen atoms in total. The Bertz CT molecular complexity index is 1140. The molecule has 5 heteroatoms.